The van der Waals surface area contributed by atoms with Crippen molar-refractivity contribution in [1.29, 1.82) is 0 Å². The summed E-state index contributed by atoms with van der Waals surface area (Å²) >= 11 is 0. The Balaban J connectivity index is 1.81. The third-order valence-corrected chi connectivity index (χ3v) is 2.30. The van der Waals surface area contributed by atoms with Crippen LogP contribution in [-0.4, -0.2) is 44.3 Å². The second-order valence-corrected chi connectivity index (χ2v) is 3.34. The second-order valence-electron chi connectivity index (χ2n) is 3.34. The molecule has 1 N–H and O–H groups in total. The van der Waals surface area contributed by atoms with Crippen LogP contribution in [0, 0.1) is 0 Å². The molecule has 12 heavy (non-hydrogen) atoms. The topological polar surface area (TPSA) is 15.3 Å². The lowest BCUT2D eigenvalue weighted by Gasteiger charge is -2.13. The molecule has 0 saturated carbocycles. The maximum atomic E-state index is 11.6. The number of nitrogens with zero attached hydrogens (tertiary/aromatic N) is 1. The smallest absolute Gasteiger partial charge is 0.102 e. The fourth-order valence-corrected chi connectivity index (χ4v) is 1.63. The van der Waals surface area contributed by atoms with E-state index in [1.165, 1.54) is 32.5 Å². The Morgan fingerprint density at radius 2 is 1.92 bits per heavy atom. The van der Waals surface area contributed by atoms with E-state index in [4.69, 9.17) is 0 Å². The molecule has 1 heterocycles. The molecule has 1 aliphatic heterocycles. The van der Waals surface area contributed by atoms with E-state index in [0.29, 0.717) is 6.54 Å². The molecule has 0 radical (unpaired) electrons. The zero-order valence-electron chi connectivity index (χ0n) is 7.69. The van der Waals surface area contributed by atoms with Gasteiger partial charge in [-0.15, -0.1) is 0 Å². The minimum Gasteiger partial charge on any atom is -0.314 e. The lowest BCUT2D eigenvalue weighted by molar-refractivity contribution is 0.329. The molecular weight excluding hydrogens is 155 g/mol. The SMILES string of the molecule is FCCNCCCN1CCCC1. The molecule has 1 aliphatic rings. The summed E-state index contributed by atoms with van der Waals surface area (Å²) in [5.74, 6) is 0. The molecule has 72 valence electrons. The van der Waals surface area contributed by atoms with Gasteiger partial charge in [-0.25, -0.2) is 4.39 Å². The summed E-state index contributed by atoms with van der Waals surface area (Å²) in [6, 6.07) is 0. The number of rotatable bonds is 6. The molecule has 2 nitrogen and oxygen atoms in total. The number of hydrogen-bond acceptors (Lipinski definition) is 2. The van der Waals surface area contributed by atoms with Crippen molar-refractivity contribution in [3.05, 3.63) is 0 Å². The summed E-state index contributed by atoms with van der Waals surface area (Å²) in [6.45, 7) is 4.94. The number of hydrogen-bond donors (Lipinski definition) is 1. The minimum absolute atomic E-state index is 0.246. The number of alkyl halides is 1. The largest absolute Gasteiger partial charge is 0.314 e. The van der Waals surface area contributed by atoms with Crippen LogP contribution in [0.5, 0.6) is 0 Å². The first-order valence-electron chi connectivity index (χ1n) is 4.92. The van der Waals surface area contributed by atoms with E-state index in [9.17, 15) is 4.39 Å². The normalized spacial score (nSPS) is 18.8. The van der Waals surface area contributed by atoms with E-state index in [0.717, 1.165) is 13.0 Å². The Kier molecular flexibility index (Phi) is 5.28. The van der Waals surface area contributed by atoms with E-state index in [1.807, 2.05) is 0 Å². The summed E-state index contributed by atoms with van der Waals surface area (Å²) in [6.07, 6.45) is 3.87. The predicted octanol–water partition coefficient (Wildman–Crippen LogP) is 1.03. The van der Waals surface area contributed by atoms with Crippen LogP contribution in [0.4, 0.5) is 4.39 Å². The van der Waals surface area contributed by atoms with Gasteiger partial charge in [-0.3, -0.25) is 0 Å². The molecule has 1 saturated heterocycles. The van der Waals surface area contributed by atoms with Crippen molar-refractivity contribution in [2.75, 3.05) is 39.4 Å². The van der Waals surface area contributed by atoms with Gasteiger partial charge >= 0.3 is 0 Å². The van der Waals surface area contributed by atoms with Crippen molar-refractivity contribution in [3.8, 4) is 0 Å². The van der Waals surface area contributed by atoms with Gasteiger partial charge in [0.1, 0.15) is 6.67 Å². The summed E-state index contributed by atoms with van der Waals surface area (Å²) in [4.78, 5) is 2.48. The van der Waals surface area contributed by atoms with Crippen molar-refractivity contribution in [2.45, 2.75) is 19.3 Å². The standard InChI is InChI=1S/C9H19FN2/c10-4-6-11-5-3-9-12-7-1-2-8-12/h11H,1-9H2. The highest BCUT2D eigenvalue weighted by molar-refractivity contribution is 4.65. The fraction of sp³-hybridized carbons (Fsp3) is 1.00. The number of likely N-dealkylation sites (tertiary alicyclic amines) is 1. The molecule has 1 rings (SSSR count). The average molecular weight is 174 g/mol. The molecular formula is C9H19FN2. The average Bonchev–Trinajstić information content (AvgIpc) is 2.57. The first-order valence-corrected chi connectivity index (χ1v) is 4.92. The van der Waals surface area contributed by atoms with E-state index >= 15 is 0 Å². The maximum Gasteiger partial charge on any atom is 0.102 e. The molecule has 0 atom stereocenters. The highest BCUT2D eigenvalue weighted by Crippen LogP contribution is 2.06. The van der Waals surface area contributed by atoms with Crippen molar-refractivity contribution in [1.82, 2.24) is 10.2 Å². The monoisotopic (exact) mass is 174 g/mol. The van der Waals surface area contributed by atoms with Crippen molar-refractivity contribution < 1.29 is 4.39 Å². The highest BCUT2D eigenvalue weighted by atomic mass is 19.1. The Bertz CT molecular complexity index is 103. The fourth-order valence-electron chi connectivity index (χ4n) is 1.63. The van der Waals surface area contributed by atoms with E-state index in [1.54, 1.807) is 0 Å². The van der Waals surface area contributed by atoms with Crippen LogP contribution in [-0.2, 0) is 0 Å². The van der Waals surface area contributed by atoms with Crippen LogP contribution in [0.2, 0.25) is 0 Å². The van der Waals surface area contributed by atoms with Crippen LogP contribution >= 0.6 is 0 Å². The molecule has 0 amide bonds. The first kappa shape index (κ1) is 9.93. The van der Waals surface area contributed by atoms with Gasteiger partial charge in [0.25, 0.3) is 0 Å². The highest BCUT2D eigenvalue weighted by Gasteiger charge is 2.09. The summed E-state index contributed by atoms with van der Waals surface area (Å²) in [7, 11) is 0. The maximum absolute atomic E-state index is 11.6. The molecule has 0 aromatic carbocycles. The summed E-state index contributed by atoms with van der Waals surface area (Å²) in [5.41, 5.74) is 0. The van der Waals surface area contributed by atoms with Crippen molar-refractivity contribution in [2.24, 2.45) is 0 Å². The van der Waals surface area contributed by atoms with Gasteiger partial charge in [0.05, 0.1) is 0 Å². The summed E-state index contributed by atoms with van der Waals surface area (Å²) < 4.78 is 11.6. The van der Waals surface area contributed by atoms with Gasteiger partial charge in [-0.05, 0) is 45.4 Å². The quantitative estimate of drug-likeness (QED) is 0.605. The molecule has 0 spiro atoms. The minimum atomic E-state index is -0.246. The lowest BCUT2D eigenvalue weighted by Crippen LogP contribution is -2.25. The molecule has 0 aromatic rings. The van der Waals surface area contributed by atoms with Gasteiger partial charge in [0.15, 0.2) is 0 Å². The van der Waals surface area contributed by atoms with E-state index < -0.39 is 0 Å². The van der Waals surface area contributed by atoms with Crippen molar-refractivity contribution >= 4 is 0 Å². The Labute approximate surface area is 74.1 Å². The van der Waals surface area contributed by atoms with Gasteiger partial charge in [-0.2, -0.15) is 0 Å². The first-order chi connectivity index (χ1) is 5.93. The Morgan fingerprint density at radius 1 is 1.17 bits per heavy atom. The number of nitrogens with one attached hydrogen (secondary N) is 1. The van der Waals surface area contributed by atoms with E-state index in [2.05, 4.69) is 10.2 Å². The zero-order chi connectivity index (χ0) is 8.65. The zero-order valence-corrected chi connectivity index (χ0v) is 7.69. The molecule has 0 bridgehead atoms. The predicted molar refractivity (Wildman–Crippen MR) is 49.1 cm³/mol. The van der Waals surface area contributed by atoms with Crippen LogP contribution in [0.3, 0.4) is 0 Å². The van der Waals surface area contributed by atoms with Gasteiger partial charge in [-0.1, -0.05) is 0 Å². The summed E-state index contributed by atoms with van der Waals surface area (Å²) in [5, 5.41) is 3.06. The third-order valence-electron chi connectivity index (χ3n) is 2.30. The molecule has 1 fully saturated rings. The van der Waals surface area contributed by atoms with Crippen LogP contribution in [0.25, 0.3) is 0 Å². The second kappa shape index (κ2) is 6.38. The Morgan fingerprint density at radius 3 is 2.58 bits per heavy atom. The van der Waals surface area contributed by atoms with Crippen LogP contribution in [0.15, 0.2) is 0 Å². The Hall–Kier alpha value is -0.150. The van der Waals surface area contributed by atoms with Crippen LogP contribution in [0.1, 0.15) is 19.3 Å². The molecule has 0 aliphatic carbocycles. The molecule has 0 aromatic heterocycles. The lowest BCUT2D eigenvalue weighted by atomic mass is 10.4. The van der Waals surface area contributed by atoms with Gasteiger partial charge in [0, 0.05) is 6.54 Å². The third kappa shape index (κ3) is 4.02. The van der Waals surface area contributed by atoms with Crippen molar-refractivity contribution in [3.63, 3.8) is 0 Å². The van der Waals surface area contributed by atoms with Gasteiger partial charge in [0.2, 0.25) is 0 Å². The number of halogens is 1. The molecule has 3 heteroatoms. The van der Waals surface area contributed by atoms with Gasteiger partial charge < -0.3 is 10.2 Å². The molecule has 0 unspecified atom stereocenters. The van der Waals surface area contributed by atoms with E-state index in [-0.39, 0.29) is 6.67 Å². The van der Waals surface area contributed by atoms with Crippen LogP contribution < -0.4 is 5.32 Å².